The molecule has 2 aliphatic rings. The third-order valence-electron chi connectivity index (χ3n) is 6.03. The Morgan fingerprint density at radius 2 is 1.80 bits per heavy atom. The number of halogens is 1. The summed E-state index contributed by atoms with van der Waals surface area (Å²) in [7, 11) is -3.57. The second-order valence-corrected chi connectivity index (χ2v) is 11.7. The van der Waals surface area contributed by atoms with Crippen LogP contribution in [-0.4, -0.2) is 54.7 Å². The average molecular weight is 464 g/mol. The molecule has 3 heterocycles. The van der Waals surface area contributed by atoms with Gasteiger partial charge in [0, 0.05) is 37.3 Å². The van der Waals surface area contributed by atoms with Gasteiger partial charge in [-0.1, -0.05) is 23.7 Å². The number of nitrogens with one attached hydrogen (secondary N) is 1. The van der Waals surface area contributed by atoms with Crippen molar-refractivity contribution in [3.63, 3.8) is 0 Å². The highest BCUT2D eigenvalue weighted by molar-refractivity contribution is 7.91. The zero-order chi connectivity index (χ0) is 20.9. The quantitative estimate of drug-likeness (QED) is 0.640. The van der Waals surface area contributed by atoms with E-state index in [2.05, 4.69) is 11.1 Å². The molecule has 2 aromatic heterocycles. The molecule has 9 heteroatoms. The lowest BCUT2D eigenvalue weighted by atomic mass is 9.95. The number of aryl methyl sites for hydroxylation is 2. The summed E-state index contributed by atoms with van der Waals surface area (Å²) >= 11 is 6.96. The van der Waals surface area contributed by atoms with E-state index in [1.54, 1.807) is 11.0 Å². The summed E-state index contributed by atoms with van der Waals surface area (Å²) in [6, 6.07) is 9.02. The fourth-order valence-electron chi connectivity index (χ4n) is 4.47. The van der Waals surface area contributed by atoms with Gasteiger partial charge in [-0.05, 0) is 49.4 Å². The number of aromatic amines is 1. The molecule has 0 radical (unpaired) electrons. The summed E-state index contributed by atoms with van der Waals surface area (Å²) in [5, 5.41) is 1.14. The van der Waals surface area contributed by atoms with Gasteiger partial charge in [0.15, 0.2) is 0 Å². The number of sulfonamides is 1. The first-order chi connectivity index (χ1) is 14.4. The lowest BCUT2D eigenvalue weighted by Gasteiger charge is -2.33. The summed E-state index contributed by atoms with van der Waals surface area (Å²) in [6.45, 7) is 1.30. The molecule has 0 saturated carbocycles. The van der Waals surface area contributed by atoms with Crippen molar-refractivity contribution in [2.24, 2.45) is 0 Å². The average Bonchev–Trinajstić information content (AvgIpc) is 3.37. The number of thiophene rings is 1. The van der Waals surface area contributed by atoms with E-state index in [1.165, 1.54) is 34.5 Å². The Bertz CT molecular complexity index is 1220. The van der Waals surface area contributed by atoms with Crippen LogP contribution >= 0.6 is 22.9 Å². The van der Waals surface area contributed by atoms with Gasteiger partial charge in [-0.2, -0.15) is 4.31 Å². The van der Waals surface area contributed by atoms with E-state index in [0.717, 1.165) is 35.1 Å². The highest BCUT2D eigenvalue weighted by atomic mass is 35.5. The number of piperazine rings is 1. The van der Waals surface area contributed by atoms with Gasteiger partial charge in [-0.3, -0.25) is 4.79 Å². The zero-order valence-electron chi connectivity index (χ0n) is 16.4. The highest BCUT2D eigenvalue weighted by Crippen LogP contribution is 2.32. The maximum absolute atomic E-state index is 13.3. The molecule has 1 aliphatic heterocycles. The van der Waals surface area contributed by atoms with E-state index in [-0.39, 0.29) is 23.2 Å². The number of rotatable bonds is 3. The van der Waals surface area contributed by atoms with Gasteiger partial charge in [0.1, 0.15) is 4.21 Å². The zero-order valence-corrected chi connectivity index (χ0v) is 18.7. The number of H-pyrrole nitrogens is 1. The van der Waals surface area contributed by atoms with E-state index in [4.69, 9.17) is 11.6 Å². The van der Waals surface area contributed by atoms with Gasteiger partial charge in [-0.25, -0.2) is 8.42 Å². The van der Waals surface area contributed by atoms with Crippen LogP contribution in [0.1, 0.15) is 34.5 Å². The van der Waals surface area contributed by atoms with Gasteiger partial charge in [0.05, 0.1) is 15.4 Å². The number of carbonyl (C=O) groups excluding carboxylic acids is 1. The maximum atomic E-state index is 13.3. The fraction of sp³-hybridized carbons (Fsp3) is 0.381. The summed E-state index contributed by atoms with van der Waals surface area (Å²) < 4.78 is 27.7. The Hall–Kier alpha value is -1.87. The Morgan fingerprint density at radius 1 is 1.03 bits per heavy atom. The second-order valence-electron chi connectivity index (χ2n) is 7.77. The van der Waals surface area contributed by atoms with Crippen LogP contribution in [0.4, 0.5) is 0 Å². The SMILES string of the molecule is O=C(c1cccc2c3c([nH]c12)CCCC3)N1CCN(S(=O)(=O)c2ccc(Cl)s2)CC1. The van der Waals surface area contributed by atoms with Crippen molar-refractivity contribution < 1.29 is 13.2 Å². The maximum Gasteiger partial charge on any atom is 0.256 e. The van der Waals surface area contributed by atoms with Crippen molar-refractivity contribution in [3.8, 4) is 0 Å². The van der Waals surface area contributed by atoms with E-state index in [0.29, 0.717) is 23.0 Å². The Kier molecular flexibility index (Phi) is 5.13. The molecule has 6 nitrogen and oxygen atoms in total. The van der Waals surface area contributed by atoms with Gasteiger partial charge in [-0.15, -0.1) is 11.3 Å². The minimum atomic E-state index is -3.57. The van der Waals surface area contributed by atoms with Crippen molar-refractivity contribution in [1.82, 2.24) is 14.2 Å². The molecule has 5 rings (SSSR count). The molecule has 1 saturated heterocycles. The number of carbonyl (C=O) groups is 1. The first-order valence-corrected chi connectivity index (χ1v) is 12.8. The van der Waals surface area contributed by atoms with Gasteiger partial charge in [0.25, 0.3) is 15.9 Å². The lowest BCUT2D eigenvalue weighted by Crippen LogP contribution is -2.50. The summed E-state index contributed by atoms with van der Waals surface area (Å²) in [5.41, 5.74) is 4.18. The molecule has 1 amide bonds. The van der Waals surface area contributed by atoms with Crippen LogP contribution in [0.3, 0.4) is 0 Å². The third-order valence-corrected chi connectivity index (χ3v) is 9.63. The van der Waals surface area contributed by atoms with Crippen LogP contribution in [0.5, 0.6) is 0 Å². The van der Waals surface area contributed by atoms with E-state index in [1.807, 2.05) is 12.1 Å². The number of para-hydroxylation sites is 1. The predicted octanol–water partition coefficient (Wildman–Crippen LogP) is 3.91. The Balaban J connectivity index is 1.36. The standard InChI is InChI=1S/C21H22ClN3O3S2/c22-18-8-9-19(29-18)30(27,28)25-12-10-24(11-13-25)21(26)16-6-3-5-15-14-4-1-2-7-17(14)23-20(15)16/h3,5-6,8-9,23H,1-2,4,7,10-13H2. The monoisotopic (exact) mass is 463 g/mol. The highest BCUT2D eigenvalue weighted by Gasteiger charge is 2.32. The molecule has 1 N–H and O–H groups in total. The molecule has 0 atom stereocenters. The number of nitrogens with zero attached hydrogens (tertiary/aromatic N) is 2. The number of amides is 1. The molecule has 30 heavy (non-hydrogen) atoms. The second kappa shape index (κ2) is 7.67. The normalized spacial score (nSPS) is 18.0. The molecule has 1 aliphatic carbocycles. The fourth-order valence-corrected chi connectivity index (χ4v) is 7.53. The van der Waals surface area contributed by atoms with Crippen molar-refractivity contribution in [1.29, 1.82) is 0 Å². The molecule has 0 bridgehead atoms. The third kappa shape index (κ3) is 3.36. The number of hydrogen-bond acceptors (Lipinski definition) is 4. The minimum Gasteiger partial charge on any atom is -0.358 e. The van der Waals surface area contributed by atoms with Crippen LogP contribution in [-0.2, 0) is 22.9 Å². The van der Waals surface area contributed by atoms with Crippen molar-refractivity contribution >= 4 is 49.8 Å². The van der Waals surface area contributed by atoms with Crippen molar-refractivity contribution in [2.45, 2.75) is 29.9 Å². The van der Waals surface area contributed by atoms with Gasteiger partial charge in [0.2, 0.25) is 0 Å². The van der Waals surface area contributed by atoms with E-state index < -0.39 is 10.0 Å². The molecule has 3 aromatic rings. The van der Waals surface area contributed by atoms with Crippen LogP contribution < -0.4 is 0 Å². The van der Waals surface area contributed by atoms with E-state index >= 15 is 0 Å². The molecule has 0 spiro atoms. The van der Waals surface area contributed by atoms with E-state index in [9.17, 15) is 13.2 Å². The minimum absolute atomic E-state index is 0.0459. The molecule has 1 fully saturated rings. The number of fused-ring (bicyclic) bond motifs is 3. The Morgan fingerprint density at radius 3 is 2.53 bits per heavy atom. The summed E-state index contributed by atoms with van der Waals surface area (Å²) in [5.74, 6) is -0.0459. The van der Waals surface area contributed by atoms with Gasteiger partial charge < -0.3 is 9.88 Å². The van der Waals surface area contributed by atoms with Crippen LogP contribution in [0.2, 0.25) is 4.34 Å². The first kappa shape index (κ1) is 20.1. The van der Waals surface area contributed by atoms with Crippen molar-refractivity contribution in [2.75, 3.05) is 26.2 Å². The first-order valence-electron chi connectivity index (χ1n) is 10.1. The largest absolute Gasteiger partial charge is 0.358 e. The summed E-state index contributed by atoms with van der Waals surface area (Å²) in [4.78, 5) is 18.5. The predicted molar refractivity (Wildman–Crippen MR) is 119 cm³/mol. The number of aromatic nitrogens is 1. The topological polar surface area (TPSA) is 73.5 Å². The number of hydrogen-bond donors (Lipinski definition) is 1. The lowest BCUT2D eigenvalue weighted by molar-refractivity contribution is 0.0700. The number of benzene rings is 1. The van der Waals surface area contributed by atoms with Crippen LogP contribution in [0, 0.1) is 0 Å². The molecule has 158 valence electrons. The van der Waals surface area contributed by atoms with Crippen LogP contribution in [0.25, 0.3) is 10.9 Å². The van der Waals surface area contributed by atoms with Gasteiger partial charge >= 0.3 is 0 Å². The summed E-state index contributed by atoms with van der Waals surface area (Å²) in [6.07, 6.45) is 4.44. The molecular formula is C21H22ClN3O3S2. The van der Waals surface area contributed by atoms with Crippen molar-refractivity contribution in [3.05, 3.63) is 51.5 Å². The molecular weight excluding hydrogens is 442 g/mol. The molecule has 1 aromatic carbocycles. The van der Waals surface area contributed by atoms with Crippen LogP contribution in [0.15, 0.2) is 34.5 Å². The smallest absolute Gasteiger partial charge is 0.256 e. The molecule has 0 unspecified atom stereocenters. The Labute approximate surface area is 184 Å².